The van der Waals surface area contributed by atoms with Gasteiger partial charge in [-0.05, 0) is 42.5 Å². The Bertz CT molecular complexity index is 695. The zero-order valence-electron chi connectivity index (χ0n) is 13.0. The standard InChI is InChI=1S/C19H21NO2/c1-13-7-3-5-9-16(13)18-17-10-6-4-8-15(17)11-12-20(18)14(2)19(21)22/h3-10,14,18H,11-12H2,1-2H3,(H,21,22). The second-order valence-corrected chi connectivity index (χ2v) is 5.96. The van der Waals surface area contributed by atoms with Crippen molar-refractivity contribution >= 4 is 5.97 Å². The van der Waals surface area contributed by atoms with E-state index in [9.17, 15) is 9.90 Å². The molecule has 0 spiro atoms. The summed E-state index contributed by atoms with van der Waals surface area (Å²) in [4.78, 5) is 13.6. The summed E-state index contributed by atoms with van der Waals surface area (Å²) in [6.07, 6.45) is 0.899. The Hall–Kier alpha value is -2.13. The van der Waals surface area contributed by atoms with Crippen molar-refractivity contribution in [3.05, 3.63) is 70.8 Å². The van der Waals surface area contributed by atoms with Gasteiger partial charge in [-0.1, -0.05) is 48.5 Å². The van der Waals surface area contributed by atoms with Crippen LogP contribution >= 0.6 is 0 Å². The number of nitrogens with zero attached hydrogens (tertiary/aromatic N) is 1. The lowest BCUT2D eigenvalue weighted by molar-refractivity contribution is -0.143. The van der Waals surface area contributed by atoms with E-state index < -0.39 is 12.0 Å². The van der Waals surface area contributed by atoms with Gasteiger partial charge >= 0.3 is 5.97 Å². The number of rotatable bonds is 3. The smallest absolute Gasteiger partial charge is 0.320 e. The van der Waals surface area contributed by atoms with Crippen molar-refractivity contribution in [2.45, 2.75) is 32.4 Å². The lowest BCUT2D eigenvalue weighted by Gasteiger charge is -2.40. The molecule has 0 aliphatic carbocycles. The minimum atomic E-state index is -0.766. The molecule has 0 fully saturated rings. The van der Waals surface area contributed by atoms with E-state index in [2.05, 4.69) is 42.2 Å². The SMILES string of the molecule is Cc1ccccc1C1c2ccccc2CCN1C(C)C(=O)O. The maximum atomic E-state index is 11.5. The average molecular weight is 295 g/mol. The number of carboxylic acids is 1. The van der Waals surface area contributed by atoms with Crippen molar-refractivity contribution in [1.82, 2.24) is 4.90 Å². The molecule has 0 saturated carbocycles. The lowest BCUT2D eigenvalue weighted by Crippen LogP contribution is -2.45. The molecule has 2 aromatic rings. The summed E-state index contributed by atoms with van der Waals surface area (Å²) in [5, 5.41) is 9.47. The van der Waals surface area contributed by atoms with Gasteiger partial charge in [-0.25, -0.2) is 0 Å². The molecule has 0 amide bonds. The van der Waals surface area contributed by atoms with Crippen LogP contribution in [0.15, 0.2) is 48.5 Å². The highest BCUT2D eigenvalue weighted by molar-refractivity contribution is 5.73. The first kappa shape index (κ1) is 14.8. The summed E-state index contributed by atoms with van der Waals surface area (Å²) < 4.78 is 0. The molecule has 1 heterocycles. The number of carbonyl (C=O) groups is 1. The van der Waals surface area contributed by atoms with Gasteiger partial charge in [0.05, 0.1) is 6.04 Å². The molecule has 22 heavy (non-hydrogen) atoms. The monoisotopic (exact) mass is 295 g/mol. The first-order valence-electron chi connectivity index (χ1n) is 7.71. The number of aryl methyl sites for hydroxylation is 1. The largest absolute Gasteiger partial charge is 0.480 e. The Morgan fingerprint density at radius 1 is 1.14 bits per heavy atom. The quantitative estimate of drug-likeness (QED) is 0.943. The molecule has 2 unspecified atom stereocenters. The molecular weight excluding hydrogens is 274 g/mol. The third-order valence-corrected chi connectivity index (χ3v) is 4.66. The van der Waals surface area contributed by atoms with Crippen LogP contribution in [0.25, 0.3) is 0 Å². The Morgan fingerprint density at radius 3 is 2.45 bits per heavy atom. The van der Waals surface area contributed by atoms with Crippen LogP contribution in [-0.2, 0) is 11.2 Å². The second-order valence-electron chi connectivity index (χ2n) is 5.96. The number of carboxylic acid groups (broad SMARTS) is 1. The normalized spacial score (nSPS) is 19.5. The minimum Gasteiger partial charge on any atom is -0.480 e. The summed E-state index contributed by atoms with van der Waals surface area (Å²) >= 11 is 0. The van der Waals surface area contributed by atoms with Crippen LogP contribution in [0.2, 0.25) is 0 Å². The van der Waals surface area contributed by atoms with Crippen LogP contribution in [-0.4, -0.2) is 28.6 Å². The zero-order valence-corrected chi connectivity index (χ0v) is 13.0. The van der Waals surface area contributed by atoms with Crippen LogP contribution in [0.3, 0.4) is 0 Å². The third kappa shape index (κ3) is 2.53. The Morgan fingerprint density at radius 2 is 1.77 bits per heavy atom. The number of aliphatic carboxylic acids is 1. The molecule has 3 heteroatoms. The van der Waals surface area contributed by atoms with E-state index in [4.69, 9.17) is 0 Å². The Kier molecular flexibility index (Phi) is 3.99. The van der Waals surface area contributed by atoms with E-state index in [1.807, 2.05) is 18.2 Å². The van der Waals surface area contributed by atoms with Gasteiger partial charge in [-0.3, -0.25) is 9.69 Å². The van der Waals surface area contributed by atoms with Crippen molar-refractivity contribution in [2.75, 3.05) is 6.54 Å². The summed E-state index contributed by atoms with van der Waals surface area (Å²) in [5.74, 6) is -0.766. The van der Waals surface area contributed by atoms with Crippen LogP contribution in [0.5, 0.6) is 0 Å². The molecule has 0 saturated heterocycles. The fraction of sp³-hybridized carbons (Fsp3) is 0.316. The highest BCUT2D eigenvalue weighted by atomic mass is 16.4. The molecule has 0 bridgehead atoms. The van der Waals surface area contributed by atoms with E-state index in [1.54, 1.807) is 6.92 Å². The predicted octanol–water partition coefficient (Wildman–Crippen LogP) is 3.42. The highest BCUT2D eigenvalue weighted by Gasteiger charge is 2.34. The molecule has 3 rings (SSSR count). The van der Waals surface area contributed by atoms with E-state index in [1.165, 1.54) is 22.3 Å². The summed E-state index contributed by atoms with van der Waals surface area (Å²) in [7, 11) is 0. The summed E-state index contributed by atoms with van der Waals surface area (Å²) in [6, 6.07) is 16.2. The van der Waals surface area contributed by atoms with Crippen molar-refractivity contribution in [1.29, 1.82) is 0 Å². The lowest BCUT2D eigenvalue weighted by atomic mass is 9.85. The number of hydrogen-bond donors (Lipinski definition) is 1. The first-order chi connectivity index (χ1) is 10.6. The van der Waals surface area contributed by atoms with Crippen molar-refractivity contribution in [3.8, 4) is 0 Å². The van der Waals surface area contributed by atoms with Crippen LogP contribution in [0, 0.1) is 6.92 Å². The summed E-state index contributed by atoms with van der Waals surface area (Å²) in [5.41, 5.74) is 4.95. The molecule has 1 aliphatic heterocycles. The number of fused-ring (bicyclic) bond motifs is 1. The molecule has 1 N–H and O–H groups in total. The number of benzene rings is 2. The topological polar surface area (TPSA) is 40.5 Å². The molecule has 1 aliphatic rings. The van der Waals surface area contributed by atoms with E-state index >= 15 is 0 Å². The van der Waals surface area contributed by atoms with Gasteiger partial charge < -0.3 is 5.11 Å². The minimum absolute atomic E-state index is 0.0113. The van der Waals surface area contributed by atoms with Gasteiger partial charge in [-0.15, -0.1) is 0 Å². The molecule has 2 aromatic carbocycles. The van der Waals surface area contributed by atoms with Gasteiger partial charge in [0.25, 0.3) is 0 Å². The molecule has 0 aromatic heterocycles. The van der Waals surface area contributed by atoms with Crippen LogP contribution in [0.1, 0.15) is 35.2 Å². The molecule has 0 radical (unpaired) electrons. The molecular formula is C19H21NO2. The van der Waals surface area contributed by atoms with Gasteiger partial charge in [0.2, 0.25) is 0 Å². The van der Waals surface area contributed by atoms with E-state index in [0.29, 0.717) is 0 Å². The van der Waals surface area contributed by atoms with Gasteiger partial charge in [0, 0.05) is 6.54 Å². The van der Waals surface area contributed by atoms with Gasteiger partial charge in [0.15, 0.2) is 0 Å². The fourth-order valence-corrected chi connectivity index (χ4v) is 3.38. The van der Waals surface area contributed by atoms with E-state index in [0.717, 1.165) is 13.0 Å². The van der Waals surface area contributed by atoms with Crippen LogP contribution in [0.4, 0.5) is 0 Å². The third-order valence-electron chi connectivity index (χ3n) is 4.66. The maximum Gasteiger partial charge on any atom is 0.320 e. The van der Waals surface area contributed by atoms with Gasteiger partial charge in [-0.2, -0.15) is 0 Å². The Balaban J connectivity index is 2.14. The average Bonchev–Trinajstić information content (AvgIpc) is 2.53. The predicted molar refractivity (Wildman–Crippen MR) is 87.0 cm³/mol. The molecule has 114 valence electrons. The van der Waals surface area contributed by atoms with E-state index in [-0.39, 0.29) is 6.04 Å². The maximum absolute atomic E-state index is 11.5. The van der Waals surface area contributed by atoms with Crippen LogP contribution < -0.4 is 0 Å². The van der Waals surface area contributed by atoms with Gasteiger partial charge in [0.1, 0.15) is 6.04 Å². The van der Waals surface area contributed by atoms with Crippen molar-refractivity contribution in [2.24, 2.45) is 0 Å². The molecule has 2 atom stereocenters. The second kappa shape index (κ2) is 5.93. The van der Waals surface area contributed by atoms with Crippen molar-refractivity contribution < 1.29 is 9.90 Å². The molecule has 3 nitrogen and oxygen atoms in total. The Labute approximate surface area is 131 Å². The highest BCUT2D eigenvalue weighted by Crippen LogP contribution is 2.37. The first-order valence-corrected chi connectivity index (χ1v) is 7.71. The van der Waals surface area contributed by atoms with Crippen molar-refractivity contribution in [3.63, 3.8) is 0 Å². The summed E-state index contributed by atoms with van der Waals surface area (Å²) in [6.45, 7) is 4.64. The number of hydrogen-bond acceptors (Lipinski definition) is 2. The fourth-order valence-electron chi connectivity index (χ4n) is 3.38. The zero-order chi connectivity index (χ0) is 15.7.